The number of nitrogens with zero attached hydrogens (tertiary/aromatic N) is 1. The molecule has 0 saturated carbocycles. The molecule has 0 aromatic heterocycles. The van der Waals surface area contributed by atoms with E-state index >= 15 is 0 Å². The molecule has 6 heteroatoms. The Bertz CT molecular complexity index is 188. The molecule has 0 spiro atoms. The van der Waals surface area contributed by atoms with Crippen molar-refractivity contribution in [2.24, 2.45) is 5.73 Å². The fourth-order valence-electron chi connectivity index (χ4n) is 0.754. The van der Waals surface area contributed by atoms with Crippen LogP contribution in [-0.2, 0) is 0 Å². The first kappa shape index (κ1) is 8.35. The van der Waals surface area contributed by atoms with Crippen molar-refractivity contribution in [1.29, 1.82) is 0 Å². The number of nitrogens with one attached hydrogen (secondary N) is 1. The van der Waals surface area contributed by atoms with Gasteiger partial charge in [0.2, 0.25) is 5.66 Å². The van der Waals surface area contributed by atoms with Crippen LogP contribution < -0.4 is 11.2 Å². The van der Waals surface area contributed by atoms with Gasteiger partial charge in [0.15, 0.2) is 0 Å². The van der Waals surface area contributed by atoms with E-state index in [1.54, 1.807) is 0 Å². The summed E-state index contributed by atoms with van der Waals surface area (Å²) in [7, 11) is 1.44. The van der Waals surface area contributed by atoms with E-state index in [0.717, 1.165) is 11.1 Å². The summed E-state index contributed by atoms with van der Waals surface area (Å²) in [4.78, 5) is 0. The Morgan fingerprint density at radius 1 is 1.55 bits per heavy atom. The predicted octanol–water partition coefficient (Wildman–Crippen LogP) is 0.167. The van der Waals surface area contributed by atoms with E-state index in [1.165, 1.54) is 13.2 Å². The van der Waals surface area contributed by atoms with Crippen LogP contribution >= 0.6 is 0 Å². The monoisotopic (exact) mass is 167 g/mol. The van der Waals surface area contributed by atoms with Gasteiger partial charge in [-0.05, 0) is 6.08 Å². The fourth-order valence-corrected chi connectivity index (χ4v) is 0.754. The average Bonchev–Trinajstić information content (AvgIpc) is 2.10. The molecule has 0 aliphatic carbocycles. The van der Waals surface area contributed by atoms with E-state index in [-0.39, 0.29) is 0 Å². The molecule has 1 aliphatic rings. The second kappa shape index (κ2) is 2.12. The minimum absolute atomic E-state index is 0.868. The average molecular weight is 167 g/mol. The number of nitrogens with two attached hydrogens (primary N) is 1. The van der Waals surface area contributed by atoms with Crippen molar-refractivity contribution in [1.82, 2.24) is 10.4 Å². The SMILES string of the molecule is CN1C=CC(N)(C(F)(F)F)N1. The summed E-state index contributed by atoms with van der Waals surface area (Å²) in [5.74, 6) is 0. The first-order valence-corrected chi connectivity index (χ1v) is 2.91. The van der Waals surface area contributed by atoms with Gasteiger partial charge in [0, 0.05) is 13.2 Å². The van der Waals surface area contributed by atoms with Gasteiger partial charge in [0.05, 0.1) is 0 Å². The molecule has 0 fully saturated rings. The van der Waals surface area contributed by atoms with E-state index in [4.69, 9.17) is 5.73 Å². The standard InChI is InChI=1S/C5H8F3N3/c1-11-3-2-4(9,10-11)5(6,7)8/h2-3,10H,9H2,1H3. The van der Waals surface area contributed by atoms with Crippen LogP contribution in [0.15, 0.2) is 12.3 Å². The maximum absolute atomic E-state index is 12.1. The lowest BCUT2D eigenvalue weighted by molar-refractivity contribution is -0.185. The van der Waals surface area contributed by atoms with E-state index in [1.807, 2.05) is 5.43 Å². The van der Waals surface area contributed by atoms with E-state index in [9.17, 15) is 13.2 Å². The van der Waals surface area contributed by atoms with Crippen LogP contribution in [-0.4, -0.2) is 23.9 Å². The van der Waals surface area contributed by atoms with Crippen LogP contribution in [0.25, 0.3) is 0 Å². The van der Waals surface area contributed by atoms with Gasteiger partial charge in [-0.25, -0.2) is 5.43 Å². The van der Waals surface area contributed by atoms with Crippen LogP contribution in [0, 0.1) is 0 Å². The van der Waals surface area contributed by atoms with Crippen molar-refractivity contribution in [3.05, 3.63) is 12.3 Å². The van der Waals surface area contributed by atoms with Gasteiger partial charge in [-0.1, -0.05) is 0 Å². The normalized spacial score (nSPS) is 31.5. The summed E-state index contributed by atoms with van der Waals surface area (Å²) >= 11 is 0. The number of halogens is 3. The summed E-state index contributed by atoms with van der Waals surface area (Å²) in [6.07, 6.45) is -2.37. The molecule has 1 atom stereocenters. The summed E-state index contributed by atoms with van der Waals surface area (Å²) in [6, 6.07) is 0. The van der Waals surface area contributed by atoms with Gasteiger partial charge in [0.1, 0.15) is 0 Å². The second-order valence-electron chi connectivity index (χ2n) is 2.41. The van der Waals surface area contributed by atoms with Crippen LogP contribution in [0.3, 0.4) is 0 Å². The van der Waals surface area contributed by atoms with Crippen molar-refractivity contribution in [2.45, 2.75) is 11.8 Å². The quantitative estimate of drug-likeness (QED) is 0.540. The minimum atomic E-state index is -4.46. The Labute approximate surface area is 61.6 Å². The van der Waals surface area contributed by atoms with Crippen LogP contribution in [0.5, 0.6) is 0 Å². The number of hydrazine groups is 1. The maximum atomic E-state index is 12.1. The zero-order valence-corrected chi connectivity index (χ0v) is 5.81. The molecule has 3 nitrogen and oxygen atoms in total. The molecule has 0 aromatic carbocycles. The molecule has 11 heavy (non-hydrogen) atoms. The van der Waals surface area contributed by atoms with Gasteiger partial charge in [-0.3, -0.25) is 0 Å². The highest BCUT2D eigenvalue weighted by Crippen LogP contribution is 2.29. The van der Waals surface area contributed by atoms with Crippen molar-refractivity contribution >= 4 is 0 Å². The van der Waals surface area contributed by atoms with Crippen molar-refractivity contribution in [3.63, 3.8) is 0 Å². The topological polar surface area (TPSA) is 41.3 Å². The number of rotatable bonds is 0. The summed E-state index contributed by atoms with van der Waals surface area (Å²) < 4.78 is 36.2. The van der Waals surface area contributed by atoms with Crippen molar-refractivity contribution in [2.75, 3.05) is 7.05 Å². The Hall–Kier alpha value is -0.750. The molecule has 1 aliphatic heterocycles. The van der Waals surface area contributed by atoms with Crippen LogP contribution in [0.2, 0.25) is 0 Å². The zero-order chi connectivity index (χ0) is 8.70. The molecular weight excluding hydrogens is 159 g/mol. The molecule has 64 valence electrons. The molecule has 0 aromatic rings. The lowest BCUT2D eigenvalue weighted by Crippen LogP contribution is -2.62. The Kier molecular flexibility index (Phi) is 1.61. The van der Waals surface area contributed by atoms with Gasteiger partial charge in [0.25, 0.3) is 0 Å². The Morgan fingerprint density at radius 2 is 2.09 bits per heavy atom. The molecule has 3 N–H and O–H groups in total. The molecule has 1 heterocycles. The lowest BCUT2D eigenvalue weighted by Gasteiger charge is -2.27. The van der Waals surface area contributed by atoms with Crippen molar-refractivity contribution in [3.8, 4) is 0 Å². The van der Waals surface area contributed by atoms with Crippen LogP contribution in [0.1, 0.15) is 0 Å². The summed E-state index contributed by atoms with van der Waals surface area (Å²) in [6.45, 7) is 0. The summed E-state index contributed by atoms with van der Waals surface area (Å²) in [5, 5.41) is 1.16. The Morgan fingerprint density at radius 3 is 2.27 bits per heavy atom. The Balaban J connectivity index is 2.79. The second-order valence-corrected chi connectivity index (χ2v) is 2.41. The third kappa shape index (κ3) is 1.31. The van der Waals surface area contributed by atoms with Crippen LogP contribution in [0.4, 0.5) is 13.2 Å². The van der Waals surface area contributed by atoms with Gasteiger partial charge in [-0.2, -0.15) is 13.2 Å². The lowest BCUT2D eigenvalue weighted by atomic mass is 10.2. The van der Waals surface area contributed by atoms with Crippen molar-refractivity contribution < 1.29 is 13.2 Å². The molecular formula is C5H8F3N3. The third-order valence-corrected chi connectivity index (χ3v) is 1.39. The number of hydrogen-bond acceptors (Lipinski definition) is 3. The van der Waals surface area contributed by atoms with E-state index < -0.39 is 11.8 Å². The van der Waals surface area contributed by atoms with E-state index in [2.05, 4.69) is 0 Å². The number of hydrogen-bond donors (Lipinski definition) is 2. The number of alkyl halides is 3. The smallest absolute Gasteiger partial charge is 0.317 e. The minimum Gasteiger partial charge on any atom is -0.317 e. The van der Waals surface area contributed by atoms with Gasteiger partial charge < -0.3 is 10.7 Å². The first-order valence-electron chi connectivity index (χ1n) is 2.91. The molecule has 1 unspecified atom stereocenters. The molecule has 1 rings (SSSR count). The molecule has 0 amide bonds. The van der Waals surface area contributed by atoms with Gasteiger partial charge >= 0.3 is 6.18 Å². The third-order valence-electron chi connectivity index (χ3n) is 1.39. The highest BCUT2D eigenvalue weighted by Gasteiger charge is 2.52. The fraction of sp³-hybridized carbons (Fsp3) is 0.600. The highest BCUT2D eigenvalue weighted by molar-refractivity contribution is 5.11. The summed E-state index contributed by atoms with van der Waals surface area (Å²) in [5.41, 5.74) is 4.61. The first-order chi connectivity index (χ1) is 4.85. The maximum Gasteiger partial charge on any atom is 0.425 e. The van der Waals surface area contributed by atoms with Gasteiger partial charge in [-0.15, -0.1) is 0 Å². The largest absolute Gasteiger partial charge is 0.425 e. The molecule has 0 saturated heterocycles. The highest BCUT2D eigenvalue weighted by atomic mass is 19.4. The molecule has 0 radical (unpaired) electrons. The molecule has 0 bridgehead atoms. The predicted molar refractivity (Wildman–Crippen MR) is 33.0 cm³/mol. The zero-order valence-electron chi connectivity index (χ0n) is 5.81. The van der Waals surface area contributed by atoms with E-state index in [0.29, 0.717) is 0 Å².